The van der Waals surface area contributed by atoms with E-state index in [-0.39, 0.29) is 0 Å². The van der Waals surface area contributed by atoms with Gasteiger partial charge in [-0.2, -0.15) is 10.5 Å². The molecule has 0 aliphatic heterocycles. The Balaban J connectivity index is 1.67. The van der Waals surface area contributed by atoms with Crippen molar-refractivity contribution in [2.24, 2.45) is 0 Å². The first-order chi connectivity index (χ1) is 15.6. The summed E-state index contributed by atoms with van der Waals surface area (Å²) in [5.41, 5.74) is 9.06. The molecule has 2 nitrogen and oxygen atoms in total. The van der Waals surface area contributed by atoms with Crippen LogP contribution >= 0.6 is 0 Å². The highest BCUT2D eigenvalue weighted by molar-refractivity contribution is 6.03. The highest BCUT2D eigenvalue weighted by atomic mass is 14.3. The fourth-order valence-electron chi connectivity index (χ4n) is 3.68. The minimum absolute atomic E-state index is 0.381. The second-order valence-electron chi connectivity index (χ2n) is 7.86. The Hall–Kier alpha value is -4.40. The molecule has 32 heavy (non-hydrogen) atoms. The van der Waals surface area contributed by atoms with Crippen LogP contribution in [0.25, 0.3) is 33.4 Å². The van der Waals surface area contributed by atoms with Gasteiger partial charge >= 0.3 is 0 Å². The fraction of sp³-hybridized carbons (Fsp3) is 0.0667. The third-order valence-electron chi connectivity index (χ3n) is 5.59. The summed E-state index contributed by atoms with van der Waals surface area (Å²) in [5, 5.41) is 19.7. The average Bonchev–Trinajstić information content (AvgIpc) is 2.84. The summed E-state index contributed by atoms with van der Waals surface area (Å²) in [4.78, 5) is 0. The Kier molecular flexibility index (Phi) is 5.98. The van der Waals surface area contributed by atoms with Gasteiger partial charge in [-0.3, -0.25) is 0 Å². The normalized spacial score (nSPS) is 11.2. The van der Waals surface area contributed by atoms with Crippen molar-refractivity contribution in [3.05, 3.63) is 119 Å². The molecule has 0 N–H and O–H groups in total. The van der Waals surface area contributed by atoms with Crippen LogP contribution in [-0.2, 0) is 0 Å². The lowest BCUT2D eigenvalue weighted by atomic mass is 9.93. The predicted molar refractivity (Wildman–Crippen MR) is 131 cm³/mol. The van der Waals surface area contributed by atoms with Gasteiger partial charge in [0.05, 0.1) is 11.1 Å². The molecule has 4 aromatic carbocycles. The maximum atomic E-state index is 9.86. The Bertz CT molecular complexity index is 1230. The SMILES string of the molecule is Cc1ccc(-c2ccc(C(C#N)=C(C#N)c3ccc(-c4ccc(C)cc4)cc3)cc2)cc1. The van der Waals surface area contributed by atoms with Gasteiger partial charge in [-0.25, -0.2) is 0 Å². The second-order valence-corrected chi connectivity index (χ2v) is 7.86. The number of aryl methyl sites for hydroxylation is 2. The number of nitrogens with zero attached hydrogens (tertiary/aromatic N) is 2. The summed E-state index contributed by atoms with van der Waals surface area (Å²) in [5.74, 6) is 0. The highest BCUT2D eigenvalue weighted by Gasteiger charge is 2.12. The van der Waals surface area contributed by atoms with Gasteiger partial charge in [0.2, 0.25) is 0 Å². The summed E-state index contributed by atoms with van der Waals surface area (Å²) in [7, 11) is 0. The molecule has 0 bridgehead atoms. The van der Waals surface area contributed by atoms with Crippen LogP contribution in [0.3, 0.4) is 0 Å². The largest absolute Gasteiger partial charge is 0.192 e. The molecule has 0 spiro atoms. The van der Waals surface area contributed by atoms with E-state index in [0.717, 1.165) is 33.4 Å². The van der Waals surface area contributed by atoms with Gasteiger partial charge in [-0.1, -0.05) is 108 Å². The molecule has 0 aromatic heterocycles. The fourth-order valence-corrected chi connectivity index (χ4v) is 3.68. The Morgan fingerprint density at radius 1 is 0.438 bits per heavy atom. The molecule has 0 radical (unpaired) electrons. The van der Waals surface area contributed by atoms with Crippen molar-refractivity contribution in [1.29, 1.82) is 10.5 Å². The lowest BCUT2D eigenvalue weighted by Gasteiger charge is -2.08. The van der Waals surface area contributed by atoms with Gasteiger partial charge in [0.1, 0.15) is 12.1 Å². The van der Waals surface area contributed by atoms with Crippen LogP contribution < -0.4 is 0 Å². The van der Waals surface area contributed by atoms with E-state index >= 15 is 0 Å². The number of hydrogen-bond donors (Lipinski definition) is 0. The minimum atomic E-state index is 0.381. The van der Waals surface area contributed by atoms with Crippen molar-refractivity contribution >= 4 is 11.1 Å². The third kappa shape index (κ3) is 4.36. The Labute approximate surface area is 189 Å². The summed E-state index contributed by atoms with van der Waals surface area (Å²) in [6.45, 7) is 4.13. The van der Waals surface area contributed by atoms with Crippen molar-refractivity contribution in [2.45, 2.75) is 13.8 Å². The average molecular weight is 411 g/mol. The van der Waals surface area contributed by atoms with E-state index in [0.29, 0.717) is 11.1 Å². The Morgan fingerprint density at radius 2 is 0.688 bits per heavy atom. The second kappa shape index (κ2) is 9.17. The molecule has 0 atom stereocenters. The number of rotatable bonds is 4. The van der Waals surface area contributed by atoms with E-state index in [1.54, 1.807) is 0 Å². The number of benzene rings is 4. The zero-order valence-corrected chi connectivity index (χ0v) is 18.1. The molecular weight excluding hydrogens is 388 g/mol. The summed E-state index contributed by atoms with van der Waals surface area (Å²) in [6.07, 6.45) is 0. The topological polar surface area (TPSA) is 47.6 Å². The molecular formula is C30H22N2. The molecule has 0 aliphatic rings. The van der Waals surface area contributed by atoms with E-state index in [9.17, 15) is 10.5 Å². The van der Waals surface area contributed by atoms with E-state index in [1.165, 1.54) is 11.1 Å². The van der Waals surface area contributed by atoms with E-state index in [1.807, 2.05) is 48.5 Å². The maximum Gasteiger partial charge on any atom is 0.101 e. The van der Waals surface area contributed by atoms with Gasteiger partial charge in [-0.05, 0) is 47.2 Å². The highest BCUT2D eigenvalue weighted by Crippen LogP contribution is 2.29. The van der Waals surface area contributed by atoms with Crippen LogP contribution in [0.5, 0.6) is 0 Å². The summed E-state index contributed by atoms with van der Waals surface area (Å²) < 4.78 is 0. The lowest BCUT2D eigenvalue weighted by molar-refractivity contribution is 1.46. The Morgan fingerprint density at radius 3 is 0.938 bits per heavy atom. The smallest absolute Gasteiger partial charge is 0.101 e. The number of nitriles is 2. The molecule has 0 fully saturated rings. The standard InChI is InChI=1S/C30H22N2/c1-21-3-7-23(8-4-21)25-11-15-27(16-12-25)29(19-31)30(20-32)28-17-13-26(14-18-28)24-9-5-22(2)6-10-24/h3-18H,1-2H3. The molecule has 0 unspecified atom stereocenters. The van der Waals surface area contributed by atoms with E-state index in [4.69, 9.17) is 0 Å². The zero-order valence-electron chi connectivity index (χ0n) is 18.1. The quantitative estimate of drug-likeness (QED) is 0.257. The van der Waals surface area contributed by atoms with Gasteiger partial charge in [0, 0.05) is 0 Å². The first kappa shape index (κ1) is 20.9. The van der Waals surface area contributed by atoms with E-state index in [2.05, 4.69) is 74.5 Å². The van der Waals surface area contributed by atoms with Crippen LogP contribution in [0.2, 0.25) is 0 Å². The molecule has 4 rings (SSSR count). The summed E-state index contributed by atoms with van der Waals surface area (Å²) in [6, 6.07) is 36.8. The number of hydrogen-bond acceptors (Lipinski definition) is 2. The maximum absolute atomic E-state index is 9.86. The first-order valence-electron chi connectivity index (χ1n) is 10.5. The molecule has 0 amide bonds. The van der Waals surface area contributed by atoms with Gasteiger partial charge in [-0.15, -0.1) is 0 Å². The van der Waals surface area contributed by atoms with Crippen LogP contribution in [0, 0.1) is 36.5 Å². The molecule has 0 saturated carbocycles. The van der Waals surface area contributed by atoms with Crippen LogP contribution in [-0.4, -0.2) is 0 Å². The van der Waals surface area contributed by atoms with Crippen LogP contribution in [0.4, 0.5) is 0 Å². The molecule has 152 valence electrons. The van der Waals surface area contributed by atoms with Crippen molar-refractivity contribution in [2.75, 3.05) is 0 Å². The van der Waals surface area contributed by atoms with Gasteiger partial charge in [0.25, 0.3) is 0 Å². The van der Waals surface area contributed by atoms with Crippen molar-refractivity contribution in [1.82, 2.24) is 0 Å². The van der Waals surface area contributed by atoms with Crippen molar-refractivity contribution in [3.8, 4) is 34.4 Å². The van der Waals surface area contributed by atoms with Crippen LogP contribution in [0.1, 0.15) is 22.3 Å². The van der Waals surface area contributed by atoms with Gasteiger partial charge < -0.3 is 0 Å². The number of allylic oxidation sites excluding steroid dienone is 2. The third-order valence-corrected chi connectivity index (χ3v) is 5.59. The first-order valence-corrected chi connectivity index (χ1v) is 10.5. The van der Waals surface area contributed by atoms with Crippen LogP contribution in [0.15, 0.2) is 97.1 Å². The van der Waals surface area contributed by atoms with E-state index < -0.39 is 0 Å². The molecule has 0 aliphatic carbocycles. The molecule has 2 heteroatoms. The van der Waals surface area contributed by atoms with Crippen molar-refractivity contribution in [3.63, 3.8) is 0 Å². The zero-order chi connectivity index (χ0) is 22.5. The predicted octanol–water partition coefficient (Wildman–Crippen LogP) is 7.60. The lowest BCUT2D eigenvalue weighted by Crippen LogP contribution is -1.90. The molecule has 4 aromatic rings. The molecule has 0 heterocycles. The van der Waals surface area contributed by atoms with Gasteiger partial charge in [0.15, 0.2) is 0 Å². The monoisotopic (exact) mass is 410 g/mol. The molecule has 0 saturated heterocycles. The minimum Gasteiger partial charge on any atom is -0.192 e. The summed E-state index contributed by atoms with van der Waals surface area (Å²) >= 11 is 0. The van der Waals surface area contributed by atoms with Crippen molar-refractivity contribution < 1.29 is 0 Å².